The minimum atomic E-state index is -1.41. The third-order valence-corrected chi connectivity index (χ3v) is 2.97. The summed E-state index contributed by atoms with van der Waals surface area (Å²) in [6.45, 7) is 0. The van der Waals surface area contributed by atoms with Crippen LogP contribution in [0.5, 0.6) is 5.75 Å². The quantitative estimate of drug-likeness (QED) is 0.376. The van der Waals surface area contributed by atoms with Crippen molar-refractivity contribution in [3.8, 4) is 5.75 Å². The average Bonchev–Trinajstić information content (AvgIpc) is 3.10. The minimum Gasteiger partial charge on any atom is -0.449 e. The predicted octanol–water partition coefficient (Wildman–Crippen LogP) is 2.99. The molecule has 0 radical (unpaired) electrons. The van der Waals surface area contributed by atoms with Crippen molar-refractivity contribution in [2.45, 2.75) is 25.7 Å². The van der Waals surface area contributed by atoms with Gasteiger partial charge in [-0.1, -0.05) is 12.8 Å². The average molecular weight is 251 g/mol. The number of nitro benzene ring substituents is 1. The Morgan fingerprint density at radius 1 is 1.50 bits per heavy atom. The Kier molecular flexibility index (Phi) is 3.45. The molecule has 6 heteroatoms. The summed E-state index contributed by atoms with van der Waals surface area (Å²) in [7, 11) is 0. The molecule has 1 aromatic rings. The molecular weight excluding hydrogens is 238 g/mol. The molecule has 2 rings (SSSR count). The molecule has 0 amide bonds. The first kappa shape index (κ1) is 12.3. The number of hydrogen-bond donors (Lipinski definition) is 1. The van der Waals surface area contributed by atoms with Gasteiger partial charge >= 0.3 is 6.16 Å². The molecule has 0 aromatic heterocycles. The van der Waals surface area contributed by atoms with Crippen molar-refractivity contribution in [2.24, 2.45) is 5.92 Å². The molecule has 1 aromatic carbocycles. The molecule has 1 aliphatic rings. The zero-order valence-corrected chi connectivity index (χ0v) is 9.67. The van der Waals surface area contributed by atoms with E-state index in [-0.39, 0.29) is 11.4 Å². The summed E-state index contributed by atoms with van der Waals surface area (Å²) in [4.78, 5) is 20.7. The van der Waals surface area contributed by atoms with E-state index in [2.05, 4.69) is 4.74 Å². The number of rotatable bonds is 5. The van der Waals surface area contributed by atoms with Gasteiger partial charge in [0.25, 0.3) is 5.69 Å². The van der Waals surface area contributed by atoms with Gasteiger partial charge in [-0.3, -0.25) is 10.1 Å². The van der Waals surface area contributed by atoms with Gasteiger partial charge in [-0.05, 0) is 24.8 Å². The topological polar surface area (TPSA) is 89.7 Å². The van der Waals surface area contributed by atoms with E-state index in [1.165, 1.54) is 31.0 Å². The number of nitro groups is 1. The van der Waals surface area contributed by atoms with Crippen LogP contribution in [0.1, 0.15) is 24.8 Å². The molecule has 96 valence electrons. The summed E-state index contributed by atoms with van der Waals surface area (Å²) in [5.41, 5.74) is 0.539. The second-order valence-corrected chi connectivity index (χ2v) is 4.40. The number of aryl methyl sites for hydroxylation is 1. The van der Waals surface area contributed by atoms with E-state index in [0.717, 1.165) is 6.42 Å². The Labute approximate surface area is 103 Å². The van der Waals surface area contributed by atoms with Crippen LogP contribution in [0.15, 0.2) is 18.2 Å². The van der Waals surface area contributed by atoms with Crippen LogP contribution in [0.25, 0.3) is 0 Å². The van der Waals surface area contributed by atoms with Gasteiger partial charge in [0.05, 0.1) is 4.92 Å². The fourth-order valence-electron chi connectivity index (χ4n) is 1.83. The van der Waals surface area contributed by atoms with Crippen molar-refractivity contribution in [3.05, 3.63) is 33.9 Å². The maximum Gasteiger partial charge on any atom is 0.511 e. The molecular formula is C12H13NO5. The number of nitrogens with zero attached hydrogens (tertiary/aromatic N) is 1. The molecule has 6 nitrogen and oxygen atoms in total. The third kappa shape index (κ3) is 3.19. The fraction of sp³-hybridized carbons (Fsp3) is 0.417. The first-order valence-corrected chi connectivity index (χ1v) is 5.74. The number of carboxylic acid groups (broad SMARTS) is 1. The van der Waals surface area contributed by atoms with Gasteiger partial charge in [0.1, 0.15) is 5.75 Å². The summed E-state index contributed by atoms with van der Waals surface area (Å²) in [5.74, 6) is 0.857. The van der Waals surface area contributed by atoms with Crippen LogP contribution in [-0.4, -0.2) is 16.2 Å². The standard InChI is InChI=1S/C12H13NO5/c14-12(15)18-11-6-5-10(13(16)17)7-9(11)4-3-8-1-2-8/h5-8H,1-4H2,(H,14,15). The number of hydrogen-bond acceptors (Lipinski definition) is 4. The molecule has 1 aliphatic carbocycles. The number of benzene rings is 1. The predicted molar refractivity (Wildman–Crippen MR) is 62.8 cm³/mol. The molecule has 0 spiro atoms. The smallest absolute Gasteiger partial charge is 0.449 e. The van der Waals surface area contributed by atoms with Crippen molar-refractivity contribution in [1.29, 1.82) is 0 Å². The maximum absolute atomic E-state index is 10.7. The van der Waals surface area contributed by atoms with Gasteiger partial charge in [-0.15, -0.1) is 0 Å². The van der Waals surface area contributed by atoms with Gasteiger partial charge in [-0.2, -0.15) is 0 Å². The van der Waals surface area contributed by atoms with Gasteiger partial charge in [0.15, 0.2) is 0 Å². The zero-order chi connectivity index (χ0) is 13.1. The Hall–Kier alpha value is -2.11. The van der Waals surface area contributed by atoms with Crippen molar-refractivity contribution in [1.82, 2.24) is 0 Å². The van der Waals surface area contributed by atoms with Crippen LogP contribution in [0.2, 0.25) is 0 Å². The first-order valence-electron chi connectivity index (χ1n) is 5.74. The molecule has 1 N–H and O–H groups in total. The summed E-state index contributed by atoms with van der Waals surface area (Å²) < 4.78 is 4.63. The van der Waals surface area contributed by atoms with Crippen LogP contribution < -0.4 is 4.74 Å². The van der Waals surface area contributed by atoms with Gasteiger partial charge in [0.2, 0.25) is 0 Å². The van der Waals surface area contributed by atoms with Crippen LogP contribution in [0.3, 0.4) is 0 Å². The lowest BCUT2D eigenvalue weighted by Crippen LogP contribution is -2.06. The lowest BCUT2D eigenvalue weighted by Gasteiger charge is -2.07. The molecule has 0 saturated heterocycles. The largest absolute Gasteiger partial charge is 0.511 e. The molecule has 0 atom stereocenters. The van der Waals surface area contributed by atoms with E-state index in [0.29, 0.717) is 17.9 Å². The van der Waals surface area contributed by atoms with E-state index in [1.807, 2.05) is 0 Å². The normalized spacial score (nSPS) is 14.2. The summed E-state index contributed by atoms with van der Waals surface area (Å²) >= 11 is 0. The Morgan fingerprint density at radius 3 is 2.78 bits per heavy atom. The molecule has 0 bridgehead atoms. The van der Waals surface area contributed by atoms with Crippen molar-refractivity contribution >= 4 is 11.8 Å². The van der Waals surface area contributed by atoms with Gasteiger partial charge in [0, 0.05) is 17.7 Å². The second kappa shape index (κ2) is 5.03. The second-order valence-electron chi connectivity index (χ2n) is 4.40. The van der Waals surface area contributed by atoms with Crippen LogP contribution in [0.4, 0.5) is 10.5 Å². The highest BCUT2D eigenvalue weighted by molar-refractivity contribution is 5.62. The molecule has 0 heterocycles. The van der Waals surface area contributed by atoms with E-state index < -0.39 is 11.1 Å². The molecule has 0 unspecified atom stereocenters. The number of carbonyl (C=O) groups is 1. The van der Waals surface area contributed by atoms with Crippen molar-refractivity contribution in [3.63, 3.8) is 0 Å². The molecule has 0 aliphatic heterocycles. The lowest BCUT2D eigenvalue weighted by atomic mass is 10.1. The fourth-order valence-corrected chi connectivity index (χ4v) is 1.83. The first-order chi connectivity index (χ1) is 8.56. The van der Waals surface area contributed by atoms with Crippen LogP contribution in [0, 0.1) is 16.0 Å². The molecule has 1 fully saturated rings. The Balaban J connectivity index is 2.19. The zero-order valence-electron chi connectivity index (χ0n) is 9.67. The minimum absolute atomic E-state index is 0.0430. The Morgan fingerprint density at radius 2 is 2.22 bits per heavy atom. The van der Waals surface area contributed by atoms with Crippen molar-refractivity contribution in [2.75, 3.05) is 0 Å². The van der Waals surface area contributed by atoms with Crippen LogP contribution in [-0.2, 0) is 6.42 Å². The summed E-state index contributed by atoms with van der Waals surface area (Å²) in [5, 5.41) is 19.3. The van der Waals surface area contributed by atoms with E-state index in [1.54, 1.807) is 0 Å². The third-order valence-electron chi connectivity index (χ3n) is 2.97. The molecule has 1 saturated carbocycles. The lowest BCUT2D eigenvalue weighted by molar-refractivity contribution is -0.384. The Bertz CT molecular complexity index is 481. The van der Waals surface area contributed by atoms with Gasteiger partial charge < -0.3 is 9.84 Å². The van der Waals surface area contributed by atoms with E-state index in [9.17, 15) is 14.9 Å². The summed E-state index contributed by atoms with van der Waals surface area (Å²) in [6.07, 6.45) is 2.48. The highest BCUT2D eigenvalue weighted by atomic mass is 16.7. The van der Waals surface area contributed by atoms with E-state index in [4.69, 9.17) is 5.11 Å². The van der Waals surface area contributed by atoms with E-state index >= 15 is 0 Å². The van der Waals surface area contributed by atoms with Gasteiger partial charge in [-0.25, -0.2) is 4.79 Å². The maximum atomic E-state index is 10.7. The monoisotopic (exact) mass is 251 g/mol. The number of ether oxygens (including phenoxy) is 1. The highest BCUT2D eigenvalue weighted by Crippen LogP contribution is 2.35. The van der Waals surface area contributed by atoms with Crippen molar-refractivity contribution < 1.29 is 19.6 Å². The number of non-ortho nitro benzene ring substituents is 1. The highest BCUT2D eigenvalue weighted by Gasteiger charge is 2.22. The van der Waals surface area contributed by atoms with Crippen LogP contribution >= 0.6 is 0 Å². The molecule has 18 heavy (non-hydrogen) atoms. The summed E-state index contributed by atoms with van der Waals surface area (Å²) in [6, 6.07) is 3.98. The SMILES string of the molecule is O=C(O)Oc1ccc([N+](=O)[O-])cc1CCC1CC1.